The van der Waals surface area contributed by atoms with E-state index in [1.54, 1.807) is 0 Å². The molecule has 16 heavy (non-hydrogen) atoms. The van der Waals surface area contributed by atoms with E-state index >= 15 is 0 Å². The molecule has 0 spiro atoms. The summed E-state index contributed by atoms with van der Waals surface area (Å²) in [5, 5.41) is 3.27. The van der Waals surface area contributed by atoms with Crippen molar-refractivity contribution in [2.45, 2.75) is 19.4 Å². The first-order chi connectivity index (χ1) is 7.90. The lowest BCUT2D eigenvalue weighted by molar-refractivity contribution is 0.332. The quantitative estimate of drug-likeness (QED) is 0.774. The van der Waals surface area contributed by atoms with Crippen molar-refractivity contribution < 1.29 is 0 Å². The molecule has 0 aliphatic carbocycles. The van der Waals surface area contributed by atoms with Crippen molar-refractivity contribution in [2.75, 3.05) is 25.0 Å². The lowest BCUT2D eigenvalue weighted by Crippen LogP contribution is -2.19. The Balaban J connectivity index is 2.03. The van der Waals surface area contributed by atoms with Crippen LogP contribution in [0.4, 0.5) is 5.69 Å². The van der Waals surface area contributed by atoms with E-state index in [0.29, 0.717) is 6.54 Å². The van der Waals surface area contributed by atoms with Gasteiger partial charge in [0.25, 0.3) is 0 Å². The minimum atomic E-state index is 0.594. The van der Waals surface area contributed by atoms with E-state index in [1.807, 2.05) is 6.07 Å². The predicted molar refractivity (Wildman–Crippen MR) is 68.3 cm³/mol. The number of hydrogen-bond donors (Lipinski definition) is 1. The highest BCUT2D eigenvalue weighted by atomic mass is 15.1. The minimum Gasteiger partial charge on any atom is -0.374 e. The van der Waals surface area contributed by atoms with Gasteiger partial charge in [0.15, 0.2) is 0 Å². The van der Waals surface area contributed by atoms with Gasteiger partial charge in [-0.2, -0.15) is 0 Å². The maximum absolute atomic E-state index is 5.27. The molecule has 1 aromatic carbocycles. The van der Waals surface area contributed by atoms with E-state index in [9.17, 15) is 0 Å². The number of terminal acetylenes is 1. The molecule has 0 radical (unpaired) electrons. The zero-order chi connectivity index (χ0) is 11.2. The largest absolute Gasteiger partial charge is 0.374 e. The van der Waals surface area contributed by atoms with E-state index in [-0.39, 0.29) is 0 Å². The molecule has 0 amide bonds. The number of anilines is 1. The molecule has 1 aliphatic rings. The van der Waals surface area contributed by atoms with E-state index < -0.39 is 0 Å². The molecule has 1 heterocycles. The van der Waals surface area contributed by atoms with Gasteiger partial charge in [-0.25, -0.2) is 0 Å². The fourth-order valence-electron chi connectivity index (χ4n) is 2.16. The molecule has 1 N–H and O–H groups in total. The van der Waals surface area contributed by atoms with Gasteiger partial charge >= 0.3 is 0 Å². The number of para-hydroxylation sites is 1. The van der Waals surface area contributed by atoms with E-state index in [2.05, 4.69) is 34.3 Å². The first-order valence-corrected chi connectivity index (χ1v) is 5.88. The van der Waals surface area contributed by atoms with Crippen molar-refractivity contribution in [3.05, 3.63) is 29.8 Å². The summed E-state index contributed by atoms with van der Waals surface area (Å²) in [5.41, 5.74) is 2.52. The Morgan fingerprint density at radius 1 is 1.25 bits per heavy atom. The highest BCUT2D eigenvalue weighted by Gasteiger charge is 2.13. The molecular formula is C14H18N2. The van der Waals surface area contributed by atoms with Crippen molar-refractivity contribution >= 4 is 5.69 Å². The average Bonchev–Trinajstić information content (AvgIpc) is 2.81. The van der Waals surface area contributed by atoms with Crippen molar-refractivity contribution in [1.82, 2.24) is 4.90 Å². The molecular weight excluding hydrogens is 196 g/mol. The Kier molecular flexibility index (Phi) is 3.85. The van der Waals surface area contributed by atoms with Gasteiger partial charge in [-0.1, -0.05) is 24.1 Å². The predicted octanol–water partition coefficient (Wildman–Crippen LogP) is 2.33. The Bertz CT molecular complexity index is 373. The first kappa shape index (κ1) is 11.0. The summed E-state index contributed by atoms with van der Waals surface area (Å²) in [4.78, 5) is 2.50. The second-order valence-electron chi connectivity index (χ2n) is 4.20. The number of likely N-dealkylation sites (tertiary alicyclic amines) is 1. The van der Waals surface area contributed by atoms with Gasteiger partial charge in [-0.3, -0.25) is 4.90 Å². The van der Waals surface area contributed by atoms with E-state index in [1.165, 1.54) is 37.2 Å². The van der Waals surface area contributed by atoms with Gasteiger partial charge < -0.3 is 5.32 Å². The normalized spacial score (nSPS) is 15.9. The van der Waals surface area contributed by atoms with Crippen molar-refractivity contribution in [1.29, 1.82) is 0 Å². The van der Waals surface area contributed by atoms with Crippen LogP contribution in [0, 0.1) is 12.3 Å². The van der Waals surface area contributed by atoms with Crippen LogP contribution in [0.2, 0.25) is 0 Å². The molecule has 0 aromatic heterocycles. The van der Waals surface area contributed by atoms with Crippen LogP contribution < -0.4 is 5.32 Å². The summed E-state index contributed by atoms with van der Waals surface area (Å²) in [7, 11) is 0. The van der Waals surface area contributed by atoms with Gasteiger partial charge in [-0.05, 0) is 37.6 Å². The molecule has 2 nitrogen and oxygen atoms in total. The minimum absolute atomic E-state index is 0.594. The number of benzene rings is 1. The molecule has 84 valence electrons. The lowest BCUT2D eigenvalue weighted by atomic mass is 10.1. The fraction of sp³-hybridized carbons (Fsp3) is 0.429. The third kappa shape index (κ3) is 2.77. The lowest BCUT2D eigenvalue weighted by Gasteiger charge is -2.17. The summed E-state index contributed by atoms with van der Waals surface area (Å²) in [6, 6.07) is 8.42. The van der Waals surface area contributed by atoms with Gasteiger partial charge in [0.05, 0.1) is 6.54 Å². The van der Waals surface area contributed by atoms with Gasteiger partial charge in [0, 0.05) is 12.2 Å². The number of hydrogen-bond acceptors (Lipinski definition) is 2. The second-order valence-corrected chi connectivity index (χ2v) is 4.20. The molecule has 1 aliphatic heterocycles. The maximum Gasteiger partial charge on any atom is 0.0763 e. The topological polar surface area (TPSA) is 15.3 Å². The van der Waals surface area contributed by atoms with Crippen LogP contribution >= 0.6 is 0 Å². The van der Waals surface area contributed by atoms with Crippen LogP contribution in [0.5, 0.6) is 0 Å². The summed E-state index contributed by atoms with van der Waals surface area (Å²) in [6.45, 7) is 4.08. The smallest absolute Gasteiger partial charge is 0.0763 e. The highest BCUT2D eigenvalue weighted by Crippen LogP contribution is 2.19. The standard InChI is InChI=1S/C14H18N2/c1-2-9-15-14-8-4-3-7-13(14)12-16-10-5-6-11-16/h1,3-4,7-8,15H,5-6,9-12H2. The summed E-state index contributed by atoms with van der Waals surface area (Å²) in [5.74, 6) is 2.61. The van der Waals surface area contributed by atoms with E-state index in [4.69, 9.17) is 6.42 Å². The fourth-order valence-corrected chi connectivity index (χ4v) is 2.16. The summed E-state index contributed by atoms with van der Waals surface area (Å²) in [6.07, 6.45) is 7.93. The van der Waals surface area contributed by atoms with E-state index in [0.717, 1.165) is 6.54 Å². The molecule has 2 rings (SSSR count). The second kappa shape index (κ2) is 5.58. The van der Waals surface area contributed by atoms with Crippen LogP contribution in [0.3, 0.4) is 0 Å². The van der Waals surface area contributed by atoms with Crippen molar-refractivity contribution in [3.63, 3.8) is 0 Å². The molecule has 1 saturated heterocycles. The van der Waals surface area contributed by atoms with Gasteiger partial charge in [0.1, 0.15) is 0 Å². The van der Waals surface area contributed by atoms with Gasteiger partial charge in [0.2, 0.25) is 0 Å². The molecule has 2 heteroatoms. The van der Waals surface area contributed by atoms with Gasteiger partial charge in [-0.15, -0.1) is 6.42 Å². The van der Waals surface area contributed by atoms with Crippen LogP contribution in [0.1, 0.15) is 18.4 Å². The molecule has 0 unspecified atom stereocenters. The number of nitrogens with zero attached hydrogens (tertiary/aromatic N) is 1. The van der Waals surface area contributed by atoms with Crippen LogP contribution in [0.15, 0.2) is 24.3 Å². The third-order valence-corrected chi connectivity index (χ3v) is 2.99. The number of nitrogens with one attached hydrogen (secondary N) is 1. The molecule has 1 fully saturated rings. The summed E-state index contributed by atoms with van der Waals surface area (Å²) >= 11 is 0. The Morgan fingerprint density at radius 3 is 2.75 bits per heavy atom. The summed E-state index contributed by atoms with van der Waals surface area (Å²) < 4.78 is 0. The van der Waals surface area contributed by atoms with Crippen LogP contribution in [-0.4, -0.2) is 24.5 Å². The monoisotopic (exact) mass is 214 g/mol. The van der Waals surface area contributed by atoms with Crippen LogP contribution in [0.25, 0.3) is 0 Å². The molecule has 0 atom stereocenters. The van der Waals surface area contributed by atoms with Crippen LogP contribution in [-0.2, 0) is 6.54 Å². The van der Waals surface area contributed by atoms with Crippen molar-refractivity contribution in [3.8, 4) is 12.3 Å². The average molecular weight is 214 g/mol. The molecule has 0 saturated carbocycles. The highest BCUT2D eigenvalue weighted by molar-refractivity contribution is 5.51. The Labute approximate surface area is 97.7 Å². The zero-order valence-electron chi connectivity index (χ0n) is 9.58. The maximum atomic E-state index is 5.27. The third-order valence-electron chi connectivity index (χ3n) is 2.99. The Hall–Kier alpha value is -1.46. The molecule has 1 aromatic rings. The molecule has 0 bridgehead atoms. The van der Waals surface area contributed by atoms with Crippen molar-refractivity contribution in [2.24, 2.45) is 0 Å². The SMILES string of the molecule is C#CCNc1ccccc1CN1CCCC1. The number of rotatable bonds is 4. The Morgan fingerprint density at radius 2 is 2.00 bits per heavy atom. The zero-order valence-corrected chi connectivity index (χ0v) is 9.58. The first-order valence-electron chi connectivity index (χ1n) is 5.88.